The SMILES string of the molecule is [C-]#[N+]CCOP(OC1C(C)C(COC(=O)NCc2cccc(OC)c2)OC(OCCOC(c2ccccc2)(c2ccc(OC)cc2)c2ccc(OC)cc2)C1NC(=O)C(F)(F)F)N(C(C)C)C(C)C. The second-order valence-electron chi connectivity index (χ2n) is 16.5. The predicted molar refractivity (Wildman–Crippen MR) is 253 cm³/mol. The average Bonchev–Trinajstić information content (AvgIpc) is 3.34. The number of carbonyl (C=O) groups is 2. The van der Waals surface area contributed by atoms with Crippen LogP contribution >= 0.6 is 8.53 Å². The van der Waals surface area contributed by atoms with E-state index in [2.05, 4.69) is 15.5 Å². The zero-order valence-corrected chi connectivity index (χ0v) is 41.0. The van der Waals surface area contributed by atoms with Gasteiger partial charge in [-0.3, -0.25) is 4.79 Å². The molecule has 1 saturated heterocycles. The Balaban J connectivity index is 1.51. The molecule has 0 radical (unpaired) electrons. The van der Waals surface area contributed by atoms with Gasteiger partial charge in [-0.25, -0.2) is 16.0 Å². The predicted octanol–water partition coefficient (Wildman–Crippen LogP) is 9.04. The summed E-state index contributed by atoms with van der Waals surface area (Å²) >= 11 is 0. The highest BCUT2D eigenvalue weighted by molar-refractivity contribution is 7.44. The van der Waals surface area contributed by atoms with E-state index in [-0.39, 0.29) is 51.6 Å². The van der Waals surface area contributed by atoms with Crippen LogP contribution in [0.15, 0.2) is 103 Å². The Hall–Kier alpha value is -5.51. The number of ether oxygens (including phenoxy) is 7. The summed E-state index contributed by atoms with van der Waals surface area (Å²) in [5, 5.41) is 4.80. The van der Waals surface area contributed by atoms with Crippen LogP contribution in [0.4, 0.5) is 18.0 Å². The number of amides is 2. The molecule has 4 aromatic carbocycles. The Labute approximate surface area is 403 Å². The van der Waals surface area contributed by atoms with Crippen molar-refractivity contribution in [2.75, 3.05) is 54.3 Å². The Morgan fingerprint density at radius 3 is 1.94 bits per heavy atom. The van der Waals surface area contributed by atoms with E-state index in [0.717, 1.165) is 22.3 Å². The van der Waals surface area contributed by atoms with Crippen molar-refractivity contribution in [3.05, 3.63) is 137 Å². The number of nitrogens with one attached hydrogen (secondary N) is 2. The zero-order chi connectivity index (χ0) is 50.1. The number of alkyl halides is 3. The topological polar surface area (TPSA) is 149 Å². The number of halogens is 3. The number of benzene rings is 4. The minimum Gasteiger partial charge on any atom is -0.497 e. The molecule has 15 nitrogen and oxygen atoms in total. The van der Waals surface area contributed by atoms with Crippen LogP contribution < -0.4 is 24.8 Å². The van der Waals surface area contributed by atoms with Crippen molar-refractivity contribution in [2.24, 2.45) is 5.92 Å². The van der Waals surface area contributed by atoms with Crippen molar-refractivity contribution in [1.82, 2.24) is 15.3 Å². The van der Waals surface area contributed by atoms with Gasteiger partial charge in [0.2, 0.25) is 6.54 Å². The minimum atomic E-state index is -5.30. The largest absolute Gasteiger partial charge is 0.497 e. The van der Waals surface area contributed by atoms with Gasteiger partial charge in [0.1, 0.15) is 48.2 Å². The van der Waals surface area contributed by atoms with Crippen LogP contribution in [0.3, 0.4) is 0 Å². The number of carbonyl (C=O) groups excluding carboxylic acids is 2. The molecule has 374 valence electrons. The number of nitrogens with zero attached hydrogens (tertiary/aromatic N) is 2. The van der Waals surface area contributed by atoms with Gasteiger partial charge < -0.3 is 57.7 Å². The average molecular weight is 983 g/mol. The molecule has 19 heteroatoms. The number of alkyl carbamates (subject to hydrolysis) is 1. The molecular weight excluding hydrogens is 921 g/mol. The van der Waals surface area contributed by atoms with E-state index in [1.165, 1.54) is 7.11 Å². The maximum atomic E-state index is 14.2. The van der Waals surface area contributed by atoms with Gasteiger partial charge in [0.15, 0.2) is 6.29 Å². The summed E-state index contributed by atoms with van der Waals surface area (Å²) in [6.45, 7) is 15.9. The molecule has 1 aliphatic rings. The van der Waals surface area contributed by atoms with Gasteiger partial charge in [0.25, 0.3) is 8.53 Å². The first-order valence-electron chi connectivity index (χ1n) is 22.4. The van der Waals surface area contributed by atoms with Crippen molar-refractivity contribution in [1.29, 1.82) is 0 Å². The summed E-state index contributed by atoms with van der Waals surface area (Å²) in [4.78, 5) is 29.5. The van der Waals surface area contributed by atoms with E-state index in [1.807, 2.05) is 111 Å². The van der Waals surface area contributed by atoms with Gasteiger partial charge in [-0.2, -0.15) is 13.2 Å². The number of hydrogen-bond donors (Lipinski definition) is 2. The molecular formula is C50H62F3N4O11P. The monoisotopic (exact) mass is 982 g/mol. The van der Waals surface area contributed by atoms with E-state index >= 15 is 0 Å². The third-order valence-corrected chi connectivity index (χ3v) is 13.4. The van der Waals surface area contributed by atoms with E-state index in [1.54, 1.807) is 45.4 Å². The van der Waals surface area contributed by atoms with E-state index < -0.39 is 62.8 Å². The molecule has 0 aliphatic carbocycles. The fourth-order valence-corrected chi connectivity index (χ4v) is 9.77. The molecule has 5 rings (SSSR count). The molecule has 2 N–H and O–H groups in total. The fourth-order valence-electron chi connectivity index (χ4n) is 7.95. The highest BCUT2D eigenvalue weighted by Crippen LogP contribution is 2.50. The second-order valence-corrected chi connectivity index (χ2v) is 17.9. The Kier molecular flexibility index (Phi) is 20.4. The minimum absolute atomic E-state index is 0.00556. The van der Waals surface area contributed by atoms with Crippen molar-refractivity contribution >= 4 is 20.5 Å². The maximum Gasteiger partial charge on any atom is 0.471 e. The van der Waals surface area contributed by atoms with Crippen LogP contribution in [0.2, 0.25) is 0 Å². The Bertz CT molecular complexity index is 2200. The van der Waals surface area contributed by atoms with Crippen LogP contribution in [0.25, 0.3) is 4.85 Å². The third kappa shape index (κ3) is 14.5. The fraction of sp³-hybridized carbons (Fsp3) is 0.460. The lowest BCUT2D eigenvalue weighted by Crippen LogP contribution is -2.64. The molecule has 1 fully saturated rings. The van der Waals surface area contributed by atoms with Gasteiger partial charge in [0.05, 0.1) is 40.6 Å². The summed E-state index contributed by atoms with van der Waals surface area (Å²) in [5.74, 6) is -1.27. The molecule has 6 atom stereocenters. The highest BCUT2D eigenvalue weighted by Gasteiger charge is 2.51. The maximum absolute atomic E-state index is 14.2. The molecule has 0 saturated carbocycles. The summed E-state index contributed by atoms with van der Waals surface area (Å²) < 4.78 is 99.0. The lowest BCUT2D eigenvalue weighted by Gasteiger charge is -2.47. The second kappa shape index (κ2) is 25.9. The van der Waals surface area contributed by atoms with E-state index in [0.29, 0.717) is 17.2 Å². The molecule has 2 amide bonds. The first-order chi connectivity index (χ1) is 33.1. The lowest BCUT2D eigenvalue weighted by molar-refractivity contribution is -0.257. The van der Waals surface area contributed by atoms with E-state index in [4.69, 9.17) is 48.8 Å². The molecule has 0 aromatic heterocycles. The van der Waals surface area contributed by atoms with Crippen molar-refractivity contribution in [2.45, 2.75) is 89.6 Å². The van der Waals surface area contributed by atoms with E-state index in [9.17, 15) is 22.8 Å². The van der Waals surface area contributed by atoms with Gasteiger partial charge in [-0.05, 0) is 86.3 Å². The molecule has 1 heterocycles. The van der Waals surface area contributed by atoms with Crippen molar-refractivity contribution in [3.63, 3.8) is 0 Å². The van der Waals surface area contributed by atoms with Gasteiger partial charge in [0, 0.05) is 24.5 Å². The summed E-state index contributed by atoms with van der Waals surface area (Å²) in [5.41, 5.74) is 1.66. The quantitative estimate of drug-likeness (QED) is 0.0299. The molecule has 1 aliphatic heterocycles. The van der Waals surface area contributed by atoms with Crippen LogP contribution in [0, 0.1) is 12.5 Å². The Morgan fingerprint density at radius 2 is 1.39 bits per heavy atom. The van der Waals surface area contributed by atoms with Crippen molar-refractivity contribution in [3.8, 4) is 17.2 Å². The molecule has 4 aromatic rings. The number of hydrogen-bond acceptors (Lipinski definition) is 12. The summed E-state index contributed by atoms with van der Waals surface area (Å²) in [7, 11) is 2.58. The summed E-state index contributed by atoms with van der Waals surface area (Å²) in [6.07, 6.45) is -10.0. The third-order valence-electron chi connectivity index (χ3n) is 11.3. The molecule has 6 unspecified atom stereocenters. The first kappa shape index (κ1) is 54.4. The number of methoxy groups -OCH3 is 3. The number of rotatable bonds is 24. The Morgan fingerprint density at radius 1 is 0.797 bits per heavy atom. The highest BCUT2D eigenvalue weighted by atomic mass is 31.2. The molecule has 69 heavy (non-hydrogen) atoms. The lowest BCUT2D eigenvalue weighted by atomic mass is 9.80. The zero-order valence-electron chi connectivity index (χ0n) is 40.1. The van der Waals surface area contributed by atoms with Gasteiger partial charge >= 0.3 is 18.2 Å². The van der Waals surface area contributed by atoms with Gasteiger partial charge in [-0.15, -0.1) is 0 Å². The van der Waals surface area contributed by atoms with Crippen molar-refractivity contribution < 1.29 is 65.0 Å². The van der Waals surface area contributed by atoms with Crippen LogP contribution in [0.5, 0.6) is 17.2 Å². The molecule has 0 spiro atoms. The summed E-state index contributed by atoms with van der Waals surface area (Å²) in [6, 6.07) is 29.3. The standard InChI is InChI=1S/C50H62F3N4O11P/c1-33(2)57(34(3)4)69(66-27-26-54-6)68-45-35(5)43(32-64-48(59)55-31-36-14-13-17-42(30-36)62-9)67-46(44(45)56-47(58)50(51,52)53)63-28-29-65-49(37-15-11-10-12-16-37,38-18-22-40(60-7)23-19-38)39-20-24-41(61-8)25-21-39/h10-25,30,33-35,43-46H,26-29,31-32H2,1-5,7-9H3,(H,55,59)(H,56,58). The molecule has 0 bridgehead atoms. The van der Waals surface area contributed by atoms with Crippen LogP contribution in [0.1, 0.15) is 56.9 Å². The normalized spacial score (nSPS) is 18.9. The first-order valence-corrected chi connectivity index (χ1v) is 23.6. The van der Waals surface area contributed by atoms with Crippen LogP contribution in [-0.2, 0) is 44.9 Å². The smallest absolute Gasteiger partial charge is 0.471 e. The van der Waals surface area contributed by atoms with Crippen LogP contribution in [-0.4, -0.2) is 114 Å². The van der Waals surface area contributed by atoms with Gasteiger partial charge in [-0.1, -0.05) is 73.7 Å².